The Labute approximate surface area is 166 Å². The quantitative estimate of drug-likeness (QED) is 0.803. The molecule has 2 aliphatic rings. The number of piperidine rings is 1. The second-order valence-corrected chi connectivity index (χ2v) is 8.55. The minimum Gasteiger partial charge on any atom is -0.397 e. The Morgan fingerprint density at radius 1 is 1.15 bits per heavy atom. The average molecular weight is 386 g/mol. The Kier molecular flexibility index (Phi) is 5.48. The fourth-order valence-corrected chi connectivity index (χ4v) is 4.58. The molecule has 5 nitrogen and oxygen atoms in total. The van der Waals surface area contributed by atoms with Crippen molar-refractivity contribution in [3.05, 3.63) is 40.9 Å². The smallest absolute Gasteiger partial charge is 0.225 e. The van der Waals surface area contributed by atoms with E-state index in [2.05, 4.69) is 32.8 Å². The number of nitrogen functional groups attached to an aromatic ring is 1. The summed E-state index contributed by atoms with van der Waals surface area (Å²) in [6, 6.07) is 2.13. The molecule has 0 aromatic carbocycles. The summed E-state index contributed by atoms with van der Waals surface area (Å²) in [5.74, 6) is 3.54. The first-order valence-electron chi connectivity index (χ1n) is 10.0. The van der Waals surface area contributed by atoms with Gasteiger partial charge in [0.1, 0.15) is 0 Å². The van der Waals surface area contributed by atoms with Gasteiger partial charge >= 0.3 is 0 Å². The molecule has 2 aromatic heterocycles. The van der Waals surface area contributed by atoms with Gasteiger partial charge in [0, 0.05) is 18.8 Å². The Morgan fingerprint density at radius 3 is 2.59 bits per heavy atom. The Hall–Kier alpha value is -1.88. The molecule has 0 bridgehead atoms. The lowest BCUT2D eigenvalue weighted by Crippen LogP contribution is -2.35. The van der Waals surface area contributed by atoms with Crippen molar-refractivity contribution in [2.75, 3.05) is 23.7 Å². The zero-order valence-corrected chi connectivity index (χ0v) is 16.7. The van der Waals surface area contributed by atoms with Gasteiger partial charge in [0.05, 0.1) is 29.3 Å². The molecule has 1 saturated carbocycles. The fraction of sp³-hybridized carbons (Fsp3) is 0.571. The van der Waals surface area contributed by atoms with Crippen molar-refractivity contribution >= 4 is 23.2 Å². The van der Waals surface area contributed by atoms with Gasteiger partial charge in [0.25, 0.3) is 0 Å². The summed E-state index contributed by atoms with van der Waals surface area (Å²) in [6.45, 7) is 4.17. The third kappa shape index (κ3) is 4.52. The molecule has 1 saturated heterocycles. The molecule has 1 aliphatic carbocycles. The largest absolute Gasteiger partial charge is 0.397 e. The van der Waals surface area contributed by atoms with Crippen LogP contribution in [0.3, 0.4) is 0 Å². The number of pyridine rings is 1. The molecule has 4 rings (SSSR count). The third-order valence-corrected chi connectivity index (χ3v) is 6.42. The molecule has 2 N–H and O–H groups in total. The maximum absolute atomic E-state index is 5.88. The lowest BCUT2D eigenvalue weighted by molar-refractivity contribution is 0.341. The molecule has 27 heavy (non-hydrogen) atoms. The van der Waals surface area contributed by atoms with Gasteiger partial charge in [-0.25, -0.2) is 9.97 Å². The monoisotopic (exact) mass is 385 g/mol. The van der Waals surface area contributed by atoms with Crippen molar-refractivity contribution < 1.29 is 0 Å². The van der Waals surface area contributed by atoms with E-state index < -0.39 is 0 Å². The molecule has 0 unspecified atom stereocenters. The van der Waals surface area contributed by atoms with Crippen LogP contribution in [0.2, 0.25) is 5.02 Å². The van der Waals surface area contributed by atoms with Gasteiger partial charge in [-0.05, 0) is 74.8 Å². The van der Waals surface area contributed by atoms with Crippen LogP contribution in [0.25, 0.3) is 0 Å². The number of rotatable bonds is 6. The molecular formula is C21H28ClN5. The predicted molar refractivity (Wildman–Crippen MR) is 110 cm³/mol. The number of nitrogens with zero attached hydrogens (tertiary/aromatic N) is 4. The maximum atomic E-state index is 5.88. The summed E-state index contributed by atoms with van der Waals surface area (Å²) in [4.78, 5) is 15.5. The van der Waals surface area contributed by atoms with Crippen molar-refractivity contribution in [2.45, 2.75) is 45.4 Å². The lowest BCUT2D eigenvalue weighted by atomic mass is 9.90. The van der Waals surface area contributed by atoms with E-state index in [0.29, 0.717) is 5.02 Å². The minimum atomic E-state index is 0.596. The Bertz CT molecular complexity index is 771. The Balaban J connectivity index is 1.19. The van der Waals surface area contributed by atoms with Gasteiger partial charge in [-0.2, -0.15) is 0 Å². The number of aryl methyl sites for hydroxylation is 2. The van der Waals surface area contributed by atoms with Gasteiger partial charge < -0.3 is 10.6 Å². The van der Waals surface area contributed by atoms with Crippen LogP contribution in [-0.4, -0.2) is 28.0 Å². The van der Waals surface area contributed by atoms with Crippen molar-refractivity contribution in [2.24, 2.45) is 17.8 Å². The number of aromatic nitrogens is 3. The molecule has 2 fully saturated rings. The number of anilines is 2. The van der Waals surface area contributed by atoms with E-state index in [0.717, 1.165) is 54.5 Å². The van der Waals surface area contributed by atoms with Gasteiger partial charge in [-0.1, -0.05) is 11.6 Å². The van der Waals surface area contributed by atoms with Crippen molar-refractivity contribution in [3.8, 4) is 0 Å². The van der Waals surface area contributed by atoms with Crippen LogP contribution in [0.5, 0.6) is 0 Å². The molecule has 3 heterocycles. The second-order valence-electron chi connectivity index (χ2n) is 8.11. The average Bonchev–Trinajstić information content (AvgIpc) is 3.45. The summed E-state index contributed by atoms with van der Waals surface area (Å²) >= 11 is 5.88. The van der Waals surface area contributed by atoms with Crippen molar-refractivity contribution in [3.63, 3.8) is 0 Å². The van der Waals surface area contributed by atoms with Crippen LogP contribution < -0.4 is 10.6 Å². The van der Waals surface area contributed by atoms with Crippen LogP contribution in [0.4, 0.5) is 11.6 Å². The highest BCUT2D eigenvalue weighted by Gasteiger charge is 2.42. The number of halogens is 1. The van der Waals surface area contributed by atoms with Gasteiger partial charge in [0.2, 0.25) is 5.95 Å². The summed E-state index contributed by atoms with van der Waals surface area (Å²) in [5.41, 5.74) is 8.95. The van der Waals surface area contributed by atoms with E-state index >= 15 is 0 Å². The fourth-order valence-electron chi connectivity index (χ4n) is 4.48. The molecule has 2 aromatic rings. The predicted octanol–water partition coefficient (Wildman–Crippen LogP) is 4.29. The zero-order valence-electron chi connectivity index (χ0n) is 15.9. The minimum absolute atomic E-state index is 0.596. The van der Waals surface area contributed by atoms with Crippen LogP contribution in [0.15, 0.2) is 24.7 Å². The molecule has 0 amide bonds. The highest BCUT2D eigenvalue weighted by atomic mass is 35.5. The summed E-state index contributed by atoms with van der Waals surface area (Å²) in [6.07, 6.45) is 12.7. The highest BCUT2D eigenvalue weighted by Crippen LogP contribution is 2.50. The van der Waals surface area contributed by atoms with Crippen molar-refractivity contribution in [1.82, 2.24) is 15.0 Å². The number of hydrogen-bond acceptors (Lipinski definition) is 5. The molecule has 2 atom stereocenters. The van der Waals surface area contributed by atoms with E-state index in [4.69, 9.17) is 17.3 Å². The SMILES string of the molecule is Cc1cc(CCC[C@@H]2C[C@@H]2C2CCN(c3ncc(Cl)cn3)CC2)ncc1N. The molecule has 0 radical (unpaired) electrons. The van der Waals surface area contributed by atoms with E-state index in [1.807, 2.05) is 0 Å². The summed E-state index contributed by atoms with van der Waals surface area (Å²) < 4.78 is 0. The van der Waals surface area contributed by atoms with Crippen LogP contribution in [0, 0.1) is 24.7 Å². The van der Waals surface area contributed by atoms with Crippen LogP contribution in [0.1, 0.15) is 43.4 Å². The summed E-state index contributed by atoms with van der Waals surface area (Å²) in [7, 11) is 0. The van der Waals surface area contributed by atoms with E-state index in [9.17, 15) is 0 Å². The standard InChI is InChI=1S/C21H28ClN5/c1-14-9-18(24-13-20(14)23)4-2-3-16-10-19(16)15-5-7-27(8-6-15)21-25-11-17(22)12-26-21/h9,11-13,15-16,19H,2-8,10,23H2,1H3/t16-,19-/m1/s1. The van der Waals surface area contributed by atoms with E-state index in [-0.39, 0.29) is 0 Å². The molecule has 0 spiro atoms. The van der Waals surface area contributed by atoms with E-state index in [1.165, 1.54) is 37.8 Å². The summed E-state index contributed by atoms with van der Waals surface area (Å²) in [5, 5.41) is 0.596. The molecule has 1 aliphatic heterocycles. The van der Waals surface area contributed by atoms with Crippen molar-refractivity contribution in [1.29, 1.82) is 0 Å². The normalized spacial score (nSPS) is 22.8. The first-order chi connectivity index (χ1) is 13.1. The molecular weight excluding hydrogens is 358 g/mol. The molecule has 144 valence electrons. The first kappa shape index (κ1) is 18.5. The van der Waals surface area contributed by atoms with E-state index in [1.54, 1.807) is 18.6 Å². The maximum Gasteiger partial charge on any atom is 0.225 e. The first-order valence-corrected chi connectivity index (χ1v) is 10.4. The lowest BCUT2D eigenvalue weighted by Gasteiger charge is -2.32. The topological polar surface area (TPSA) is 67.9 Å². The second kappa shape index (κ2) is 8.01. The third-order valence-electron chi connectivity index (χ3n) is 6.23. The van der Waals surface area contributed by atoms with Crippen LogP contribution >= 0.6 is 11.6 Å². The zero-order chi connectivity index (χ0) is 18.8. The number of hydrogen-bond donors (Lipinski definition) is 1. The van der Waals surface area contributed by atoms with Gasteiger partial charge in [-0.3, -0.25) is 4.98 Å². The van der Waals surface area contributed by atoms with Gasteiger partial charge in [-0.15, -0.1) is 0 Å². The number of nitrogens with two attached hydrogens (primary N) is 1. The highest BCUT2D eigenvalue weighted by molar-refractivity contribution is 6.30. The van der Waals surface area contributed by atoms with Gasteiger partial charge in [0.15, 0.2) is 0 Å². The van der Waals surface area contributed by atoms with Crippen LogP contribution in [-0.2, 0) is 6.42 Å². The Morgan fingerprint density at radius 2 is 1.89 bits per heavy atom. The molecule has 6 heteroatoms.